The van der Waals surface area contributed by atoms with Crippen LogP contribution in [0.15, 0.2) is 24.3 Å². The quantitative estimate of drug-likeness (QED) is 0.840. The first-order valence-corrected chi connectivity index (χ1v) is 6.85. The number of nitrogens with zero attached hydrogens (tertiary/aromatic N) is 2. The average molecular weight is 275 g/mol. The van der Waals surface area contributed by atoms with E-state index in [0.29, 0.717) is 11.7 Å². The molecule has 1 aliphatic carbocycles. The average Bonchev–Trinajstić information content (AvgIpc) is 2.95. The highest BCUT2D eigenvalue weighted by molar-refractivity contribution is 5.92. The van der Waals surface area contributed by atoms with E-state index in [9.17, 15) is 9.18 Å². The summed E-state index contributed by atoms with van der Waals surface area (Å²) in [5, 5.41) is 11.6. The van der Waals surface area contributed by atoms with Crippen molar-refractivity contribution in [3.63, 3.8) is 0 Å². The molecule has 1 saturated carbocycles. The Labute approximate surface area is 118 Å². The molecular formula is C15H18FN3O. The van der Waals surface area contributed by atoms with E-state index in [4.69, 9.17) is 5.26 Å². The highest BCUT2D eigenvalue weighted by atomic mass is 19.1. The molecule has 0 radical (unpaired) electrons. The minimum Gasteiger partial charge on any atom is -0.325 e. The fourth-order valence-electron chi connectivity index (χ4n) is 2.59. The van der Waals surface area contributed by atoms with Crippen LogP contribution in [0.1, 0.15) is 25.7 Å². The van der Waals surface area contributed by atoms with Crippen LogP contribution in [0.3, 0.4) is 0 Å². The molecule has 0 aliphatic heterocycles. The molecule has 1 aromatic rings. The predicted octanol–water partition coefficient (Wildman–Crippen LogP) is 2.53. The Kier molecular flexibility index (Phi) is 5.08. The Hall–Kier alpha value is -1.93. The first kappa shape index (κ1) is 14.5. The van der Waals surface area contributed by atoms with E-state index in [2.05, 4.69) is 11.4 Å². The van der Waals surface area contributed by atoms with Gasteiger partial charge in [0.25, 0.3) is 0 Å². The van der Waals surface area contributed by atoms with Crippen molar-refractivity contribution in [2.45, 2.75) is 31.7 Å². The van der Waals surface area contributed by atoms with Gasteiger partial charge < -0.3 is 5.32 Å². The molecule has 0 saturated heterocycles. The third-order valence-corrected chi connectivity index (χ3v) is 3.59. The SMILES string of the molecule is N#CCN(CC(=O)Nc1ccc(F)cc1)C1CCCC1. The highest BCUT2D eigenvalue weighted by Crippen LogP contribution is 2.23. The molecular weight excluding hydrogens is 257 g/mol. The lowest BCUT2D eigenvalue weighted by molar-refractivity contribution is -0.117. The molecule has 0 bridgehead atoms. The van der Waals surface area contributed by atoms with Crippen molar-refractivity contribution in [3.8, 4) is 6.07 Å². The first-order valence-electron chi connectivity index (χ1n) is 6.85. The van der Waals surface area contributed by atoms with E-state index in [-0.39, 0.29) is 24.8 Å². The van der Waals surface area contributed by atoms with Gasteiger partial charge in [-0.2, -0.15) is 5.26 Å². The largest absolute Gasteiger partial charge is 0.325 e. The van der Waals surface area contributed by atoms with Crippen LogP contribution in [-0.4, -0.2) is 29.9 Å². The lowest BCUT2D eigenvalue weighted by Crippen LogP contribution is -2.39. The molecule has 5 heteroatoms. The lowest BCUT2D eigenvalue weighted by atomic mass is 10.2. The molecule has 0 unspecified atom stereocenters. The van der Waals surface area contributed by atoms with E-state index >= 15 is 0 Å². The number of nitrogens with one attached hydrogen (secondary N) is 1. The molecule has 1 fully saturated rings. The van der Waals surface area contributed by atoms with Gasteiger partial charge in [-0.1, -0.05) is 12.8 Å². The summed E-state index contributed by atoms with van der Waals surface area (Å²) in [6.45, 7) is 0.469. The van der Waals surface area contributed by atoms with Crippen LogP contribution in [0.2, 0.25) is 0 Å². The van der Waals surface area contributed by atoms with Crippen molar-refractivity contribution in [2.75, 3.05) is 18.4 Å². The topological polar surface area (TPSA) is 56.1 Å². The molecule has 1 aliphatic rings. The van der Waals surface area contributed by atoms with Gasteiger partial charge in [0, 0.05) is 11.7 Å². The summed E-state index contributed by atoms with van der Waals surface area (Å²) in [6.07, 6.45) is 4.41. The lowest BCUT2D eigenvalue weighted by Gasteiger charge is -2.25. The van der Waals surface area contributed by atoms with Crippen LogP contribution in [0.5, 0.6) is 0 Å². The van der Waals surface area contributed by atoms with Crippen LogP contribution in [0, 0.1) is 17.1 Å². The van der Waals surface area contributed by atoms with Gasteiger partial charge in [-0.25, -0.2) is 4.39 Å². The maximum absolute atomic E-state index is 12.8. The van der Waals surface area contributed by atoms with Gasteiger partial charge in [-0.15, -0.1) is 0 Å². The molecule has 4 nitrogen and oxygen atoms in total. The van der Waals surface area contributed by atoms with Crippen LogP contribution in [-0.2, 0) is 4.79 Å². The van der Waals surface area contributed by atoms with Crippen molar-refractivity contribution in [2.24, 2.45) is 0 Å². The number of hydrogen-bond donors (Lipinski definition) is 1. The number of carbonyl (C=O) groups is 1. The molecule has 0 spiro atoms. The normalized spacial score (nSPS) is 15.2. The van der Waals surface area contributed by atoms with Crippen molar-refractivity contribution < 1.29 is 9.18 Å². The predicted molar refractivity (Wildman–Crippen MR) is 74.5 cm³/mol. The number of halogens is 1. The summed E-state index contributed by atoms with van der Waals surface area (Å²) >= 11 is 0. The Morgan fingerprint density at radius 3 is 2.60 bits per heavy atom. The third kappa shape index (κ3) is 4.04. The third-order valence-electron chi connectivity index (χ3n) is 3.59. The minimum atomic E-state index is -0.333. The Morgan fingerprint density at radius 1 is 1.35 bits per heavy atom. The fraction of sp³-hybridized carbons (Fsp3) is 0.467. The molecule has 0 heterocycles. The fourth-order valence-corrected chi connectivity index (χ4v) is 2.59. The zero-order valence-corrected chi connectivity index (χ0v) is 11.3. The maximum Gasteiger partial charge on any atom is 0.238 e. The van der Waals surface area contributed by atoms with Gasteiger partial charge in [0.2, 0.25) is 5.91 Å². The summed E-state index contributed by atoms with van der Waals surface area (Å²) in [5.74, 6) is -0.501. The van der Waals surface area contributed by atoms with Crippen molar-refractivity contribution in [1.82, 2.24) is 4.90 Å². The molecule has 2 rings (SSSR count). The van der Waals surface area contributed by atoms with E-state index in [1.165, 1.54) is 24.3 Å². The van der Waals surface area contributed by atoms with Crippen LogP contribution in [0.4, 0.5) is 10.1 Å². The van der Waals surface area contributed by atoms with Gasteiger partial charge in [-0.3, -0.25) is 9.69 Å². The number of anilines is 1. The summed E-state index contributed by atoms with van der Waals surface area (Å²) in [4.78, 5) is 13.9. The van der Waals surface area contributed by atoms with Gasteiger partial charge in [0.1, 0.15) is 5.82 Å². The molecule has 0 aromatic heterocycles. The smallest absolute Gasteiger partial charge is 0.238 e. The summed E-state index contributed by atoms with van der Waals surface area (Å²) in [7, 11) is 0. The van der Waals surface area contributed by atoms with E-state index in [1.807, 2.05) is 4.90 Å². The second-order valence-electron chi connectivity index (χ2n) is 5.06. The molecule has 106 valence electrons. The van der Waals surface area contributed by atoms with Gasteiger partial charge in [-0.05, 0) is 37.1 Å². The number of benzene rings is 1. The van der Waals surface area contributed by atoms with E-state index in [1.54, 1.807) is 0 Å². The second-order valence-corrected chi connectivity index (χ2v) is 5.06. The summed E-state index contributed by atoms with van der Waals surface area (Å²) in [6, 6.07) is 8.11. The summed E-state index contributed by atoms with van der Waals surface area (Å²) < 4.78 is 12.8. The zero-order chi connectivity index (χ0) is 14.4. The first-order chi connectivity index (χ1) is 9.69. The highest BCUT2D eigenvalue weighted by Gasteiger charge is 2.24. The van der Waals surface area contributed by atoms with Crippen LogP contribution in [0.25, 0.3) is 0 Å². The van der Waals surface area contributed by atoms with Crippen LogP contribution < -0.4 is 5.32 Å². The second kappa shape index (κ2) is 7.01. The molecule has 0 atom stereocenters. The zero-order valence-electron chi connectivity index (χ0n) is 11.3. The standard InChI is InChI=1S/C15H18FN3O/c16-12-5-7-13(8-6-12)18-15(20)11-19(10-9-17)14-3-1-2-4-14/h5-8,14H,1-4,10-11H2,(H,18,20). The maximum atomic E-state index is 12.8. The van der Waals surface area contributed by atoms with Gasteiger partial charge in [0.05, 0.1) is 19.2 Å². The number of rotatable bonds is 5. The van der Waals surface area contributed by atoms with E-state index < -0.39 is 0 Å². The monoisotopic (exact) mass is 275 g/mol. The Bertz CT molecular complexity index is 489. The number of hydrogen-bond acceptors (Lipinski definition) is 3. The van der Waals surface area contributed by atoms with Crippen molar-refractivity contribution in [3.05, 3.63) is 30.1 Å². The van der Waals surface area contributed by atoms with Crippen molar-refractivity contribution in [1.29, 1.82) is 5.26 Å². The Balaban J connectivity index is 1.90. The number of nitriles is 1. The molecule has 1 amide bonds. The van der Waals surface area contributed by atoms with Crippen molar-refractivity contribution >= 4 is 11.6 Å². The minimum absolute atomic E-state index is 0.168. The number of amides is 1. The van der Waals surface area contributed by atoms with Crippen LogP contribution >= 0.6 is 0 Å². The number of carbonyl (C=O) groups excluding carboxylic acids is 1. The van der Waals surface area contributed by atoms with Gasteiger partial charge >= 0.3 is 0 Å². The van der Waals surface area contributed by atoms with E-state index in [0.717, 1.165) is 25.7 Å². The summed E-state index contributed by atoms with van der Waals surface area (Å²) in [5.41, 5.74) is 0.569. The molecule has 20 heavy (non-hydrogen) atoms. The van der Waals surface area contributed by atoms with Gasteiger partial charge in [0.15, 0.2) is 0 Å². The molecule has 1 aromatic carbocycles. The molecule has 1 N–H and O–H groups in total. The Morgan fingerprint density at radius 2 is 2.00 bits per heavy atom.